The number of halogens is 3. The van der Waals surface area contributed by atoms with E-state index < -0.39 is 15.6 Å². The van der Waals surface area contributed by atoms with Crippen LogP contribution >= 0.6 is 11.8 Å². The fourth-order valence-electron chi connectivity index (χ4n) is 2.81. The molecule has 0 aliphatic rings. The molecule has 142 valence electrons. The van der Waals surface area contributed by atoms with Crippen molar-refractivity contribution in [1.29, 1.82) is 0 Å². The first kappa shape index (κ1) is 19.6. The lowest BCUT2D eigenvalue weighted by atomic mass is 9.94. The summed E-state index contributed by atoms with van der Waals surface area (Å²) in [4.78, 5) is 0.305. The Balaban J connectivity index is 2.41. The van der Waals surface area contributed by atoms with E-state index >= 15 is 0 Å². The summed E-state index contributed by atoms with van der Waals surface area (Å²) >= 11 is 1.12. The van der Waals surface area contributed by atoms with Crippen LogP contribution in [0.2, 0.25) is 0 Å². The summed E-state index contributed by atoms with van der Waals surface area (Å²) in [6, 6.07) is 15.8. The molecule has 0 unspecified atom stereocenters. The van der Waals surface area contributed by atoms with Gasteiger partial charge in [-0.2, -0.15) is 21.6 Å². The maximum absolute atomic E-state index is 13.0. The van der Waals surface area contributed by atoms with Crippen molar-refractivity contribution >= 4 is 32.7 Å². The number of thioether (sulfide) groups is 1. The largest absolute Gasteiger partial charge is 0.534 e. The maximum Gasteiger partial charge on any atom is 0.534 e. The molecule has 3 aromatic carbocycles. The summed E-state index contributed by atoms with van der Waals surface area (Å²) in [5.41, 5.74) is -3.80. The fourth-order valence-corrected chi connectivity index (χ4v) is 3.93. The summed E-state index contributed by atoms with van der Waals surface area (Å²) in [6.07, 6.45) is 1.65. The van der Waals surface area contributed by atoms with E-state index in [1.807, 2.05) is 6.07 Å². The molecule has 0 saturated heterocycles. The van der Waals surface area contributed by atoms with Gasteiger partial charge in [0.05, 0.1) is 4.90 Å². The highest BCUT2D eigenvalue weighted by atomic mass is 32.2. The van der Waals surface area contributed by atoms with Crippen molar-refractivity contribution in [2.24, 2.45) is 0 Å². The van der Waals surface area contributed by atoms with Crippen molar-refractivity contribution in [2.45, 2.75) is 17.3 Å². The topological polar surface area (TPSA) is 43.4 Å². The first-order valence-electron chi connectivity index (χ1n) is 7.82. The van der Waals surface area contributed by atoms with Crippen LogP contribution in [0.15, 0.2) is 59.5 Å². The Hall–Kier alpha value is -2.19. The second-order valence-electron chi connectivity index (χ2n) is 5.80. The summed E-state index contributed by atoms with van der Waals surface area (Å²) in [5, 5.41) is 1.38. The first-order chi connectivity index (χ1) is 12.7. The standard InChI is InChI=1S/C19H15F3O3S2/c1-12-7-3-5-9-14(12)17-15-10-6-4-8-13(15)11-16(26-2)18(17)25-27(23,24)19(20,21)22/h3-11H,1-2H3. The molecule has 0 atom stereocenters. The maximum atomic E-state index is 13.0. The zero-order chi connectivity index (χ0) is 19.8. The Kier molecular flexibility index (Phi) is 5.14. The van der Waals surface area contributed by atoms with E-state index in [1.54, 1.807) is 61.7 Å². The molecule has 0 spiro atoms. The van der Waals surface area contributed by atoms with E-state index in [9.17, 15) is 21.6 Å². The molecule has 0 aliphatic carbocycles. The number of benzene rings is 3. The zero-order valence-electron chi connectivity index (χ0n) is 14.4. The van der Waals surface area contributed by atoms with Crippen molar-refractivity contribution < 1.29 is 25.8 Å². The third kappa shape index (κ3) is 3.64. The number of fused-ring (bicyclic) bond motifs is 1. The monoisotopic (exact) mass is 412 g/mol. The minimum atomic E-state index is -5.81. The molecule has 3 nitrogen and oxygen atoms in total. The molecule has 0 radical (unpaired) electrons. The molecule has 0 fully saturated rings. The van der Waals surface area contributed by atoms with Crippen LogP contribution < -0.4 is 4.18 Å². The van der Waals surface area contributed by atoms with Crippen LogP contribution in [0.4, 0.5) is 13.2 Å². The van der Waals surface area contributed by atoms with Gasteiger partial charge in [-0.3, -0.25) is 0 Å². The van der Waals surface area contributed by atoms with Crippen LogP contribution in [0, 0.1) is 6.92 Å². The van der Waals surface area contributed by atoms with Crippen molar-refractivity contribution in [3.63, 3.8) is 0 Å². The normalized spacial score (nSPS) is 12.3. The van der Waals surface area contributed by atoms with Gasteiger partial charge in [-0.15, -0.1) is 11.8 Å². The van der Waals surface area contributed by atoms with Crippen LogP contribution in [-0.4, -0.2) is 20.2 Å². The molecule has 0 heterocycles. The highest BCUT2D eigenvalue weighted by molar-refractivity contribution is 7.98. The van der Waals surface area contributed by atoms with Crippen LogP contribution in [-0.2, 0) is 10.1 Å². The Morgan fingerprint density at radius 3 is 2.26 bits per heavy atom. The van der Waals surface area contributed by atoms with Crippen molar-refractivity contribution in [3.8, 4) is 16.9 Å². The molecule has 27 heavy (non-hydrogen) atoms. The van der Waals surface area contributed by atoms with Gasteiger partial charge in [0.1, 0.15) is 0 Å². The molecule has 3 rings (SSSR count). The third-order valence-electron chi connectivity index (χ3n) is 4.08. The van der Waals surface area contributed by atoms with Gasteiger partial charge >= 0.3 is 15.6 Å². The number of aryl methyl sites for hydroxylation is 1. The van der Waals surface area contributed by atoms with Crippen LogP contribution in [0.1, 0.15) is 5.56 Å². The third-order valence-corrected chi connectivity index (χ3v) is 5.77. The molecule has 0 aliphatic heterocycles. The van der Waals surface area contributed by atoms with Crippen LogP contribution in [0.25, 0.3) is 21.9 Å². The first-order valence-corrected chi connectivity index (χ1v) is 10.5. The van der Waals surface area contributed by atoms with Gasteiger partial charge in [-0.05, 0) is 41.1 Å². The minimum absolute atomic E-state index is 0.305. The highest BCUT2D eigenvalue weighted by Crippen LogP contribution is 2.46. The summed E-state index contributed by atoms with van der Waals surface area (Å²) in [7, 11) is -5.81. The lowest BCUT2D eigenvalue weighted by molar-refractivity contribution is -0.0500. The second-order valence-corrected chi connectivity index (χ2v) is 8.19. The van der Waals surface area contributed by atoms with Crippen molar-refractivity contribution in [1.82, 2.24) is 0 Å². The minimum Gasteiger partial charge on any atom is -0.374 e. The van der Waals surface area contributed by atoms with E-state index in [1.165, 1.54) is 0 Å². The van der Waals surface area contributed by atoms with E-state index in [0.717, 1.165) is 22.7 Å². The molecule has 3 aromatic rings. The van der Waals surface area contributed by atoms with Crippen LogP contribution in [0.3, 0.4) is 0 Å². The van der Waals surface area contributed by atoms with Crippen molar-refractivity contribution in [3.05, 3.63) is 60.2 Å². The average Bonchev–Trinajstić information content (AvgIpc) is 2.61. The summed E-state index contributed by atoms with van der Waals surface area (Å²) in [5.74, 6) is -0.312. The molecule has 0 bridgehead atoms. The molecule has 0 amide bonds. The van der Waals surface area contributed by atoms with Gasteiger partial charge < -0.3 is 4.18 Å². The van der Waals surface area contributed by atoms with E-state index in [4.69, 9.17) is 0 Å². The van der Waals surface area contributed by atoms with E-state index in [0.29, 0.717) is 21.4 Å². The lowest BCUT2D eigenvalue weighted by Gasteiger charge is -2.19. The quantitative estimate of drug-likeness (QED) is 0.310. The Morgan fingerprint density at radius 2 is 1.63 bits per heavy atom. The predicted molar refractivity (Wildman–Crippen MR) is 102 cm³/mol. The molecule has 0 aromatic heterocycles. The van der Waals surface area contributed by atoms with Gasteiger partial charge in [0.25, 0.3) is 0 Å². The predicted octanol–water partition coefficient (Wildman–Crippen LogP) is 5.77. The Bertz CT molecular complexity index is 1110. The SMILES string of the molecule is CSc1cc2ccccc2c(-c2ccccc2C)c1OS(=O)(=O)C(F)(F)F. The van der Waals surface area contributed by atoms with Crippen LogP contribution in [0.5, 0.6) is 5.75 Å². The number of alkyl halides is 3. The van der Waals surface area contributed by atoms with Gasteiger partial charge in [0, 0.05) is 5.56 Å². The van der Waals surface area contributed by atoms with E-state index in [2.05, 4.69) is 4.18 Å². The van der Waals surface area contributed by atoms with Gasteiger partial charge in [0.15, 0.2) is 5.75 Å². The lowest BCUT2D eigenvalue weighted by Crippen LogP contribution is -2.28. The Labute approximate surface area is 159 Å². The second kappa shape index (κ2) is 7.09. The summed E-state index contributed by atoms with van der Waals surface area (Å²) in [6.45, 7) is 1.80. The Morgan fingerprint density at radius 1 is 1.00 bits per heavy atom. The molecular weight excluding hydrogens is 397 g/mol. The number of hydrogen-bond acceptors (Lipinski definition) is 4. The number of hydrogen-bond donors (Lipinski definition) is 0. The van der Waals surface area contributed by atoms with Crippen molar-refractivity contribution in [2.75, 3.05) is 6.26 Å². The van der Waals surface area contributed by atoms with E-state index in [-0.39, 0.29) is 5.75 Å². The molecule has 0 saturated carbocycles. The zero-order valence-corrected chi connectivity index (χ0v) is 16.0. The molecule has 0 N–H and O–H groups in total. The highest BCUT2D eigenvalue weighted by Gasteiger charge is 2.49. The van der Waals surface area contributed by atoms with Gasteiger partial charge in [-0.25, -0.2) is 0 Å². The summed E-state index contributed by atoms with van der Waals surface area (Å²) < 4.78 is 67.0. The van der Waals surface area contributed by atoms with Gasteiger partial charge in [0.2, 0.25) is 0 Å². The smallest absolute Gasteiger partial charge is 0.374 e. The van der Waals surface area contributed by atoms with Gasteiger partial charge in [-0.1, -0.05) is 48.5 Å². The molecule has 8 heteroatoms. The number of rotatable bonds is 4. The average molecular weight is 412 g/mol. The molecular formula is C19H15F3O3S2. The fraction of sp³-hybridized carbons (Fsp3) is 0.158.